The van der Waals surface area contributed by atoms with E-state index < -0.39 is 10.0 Å². The Morgan fingerprint density at radius 3 is 2.36 bits per heavy atom. The lowest BCUT2D eigenvalue weighted by molar-refractivity contribution is 0.146. The van der Waals surface area contributed by atoms with E-state index in [9.17, 15) is 8.42 Å². The third-order valence-corrected chi connectivity index (χ3v) is 5.75. The van der Waals surface area contributed by atoms with E-state index in [1.807, 2.05) is 38.1 Å². The van der Waals surface area contributed by atoms with E-state index in [0.717, 1.165) is 11.1 Å². The first-order valence-electron chi connectivity index (χ1n) is 8.25. The Bertz CT molecular complexity index is 772. The Morgan fingerprint density at radius 1 is 1.04 bits per heavy atom. The second-order valence-electron chi connectivity index (χ2n) is 5.73. The van der Waals surface area contributed by atoms with Gasteiger partial charge in [-0.1, -0.05) is 36.8 Å². The monoisotopic (exact) mass is 363 g/mol. The molecular weight excluding hydrogens is 338 g/mol. The van der Waals surface area contributed by atoms with Gasteiger partial charge in [-0.3, -0.25) is 0 Å². The van der Waals surface area contributed by atoms with Gasteiger partial charge in [-0.25, -0.2) is 8.42 Å². The van der Waals surface area contributed by atoms with E-state index in [2.05, 4.69) is 0 Å². The summed E-state index contributed by atoms with van der Waals surface area (Å²) < 4.78 is 37.7. The molecule has 0 atom stereocenters. The Kier molecular flexibility index (Phi) is 6.99. The van der Waals surface area contributed by atoms with Crippen molar-refractivity contribution in [2.75, 3.05) is 26.9 Å². The van der Waals surface area contributed by atoms with Crippen LogP contribution in [-0.4, -0.2) is 39.6 Å². The highest BCUT2D eigenvalue weighted by Gasteiger charge is 2.23. The summed E-state index contributed by atoms with van der Waals surface area (Å²) >= 11 is 0. The second kappa shape index (κ2) is 8.99. The molecule has 5 nitrogen and oxygen atoms in total. The Balaban J connectivity index is 2.14. The van der Waals surface area contributed by atoms with Crippen LogP contribution in [0.5, 0.6) is 5.75 Å². The molecule has 0 saturated heterocycles. The van der Waals surface area contributed by atoms with E-state index in [-0.39, 0.29) is 4.90 Å². The summed E-state index contributed by atoms with van der Waals surface area (Å²) in [6.45, 7) is 5.51. The third-order valence-electron chi connectivity index (χ3n) is 3.81. The molecule has 0 fully saturated rings. The van der Waals surface area contributed by atoms with Crippen LogP contribution >= 0.6 is 0 Å². The molecule has 0 heterocycles. The molecule has 0 N–H and O–H groups in total. The van der Waals surface area contributed by atoms with Gasteiger partial charge >= 0.3 is 0 Å². The Labute approximate surface area is 150 Å². The molecule has 0 saturated carbocycles. The van der Waals surface area contributed by atoms with Gasteiger partial charge in [0.1, 0.15) is 12.4 Å². The predicted molar refractivity (Wildman–Crippen MR) is 98.3 cm³/mol. The van der Waals surface area contributed by atoms with Gasteiger partial charge in [0.25, 0.3) is 0 Å². The third kappa shape index (κ3) is 5.29. The van der Waals surface area contributed by atoms with E-state index >= 15 is 0 Å². The van der Waals surface area contributed by atoms with Crippen molar-refractivity contribution in [1.29, 1.82) is 0 Å². The minimum atomic E-state index is -3.55. The fourth-order valence-electron chi connectivity index (χ4n) is 2.48. The van der Waals surface area contributed by atoms with Gasteiger partial charge in [0.05, 0.1) is 11.5 Å². The quantitative estimate of drug-likeness (QED) is 0.642. The summed E-state index contributed by atoms with van der Waals surface area (Å²) in [4.78, 5) is 0.265. The summed E-state index contributed by atoms with van der Waals surface area (Å²) in [5.74, 6) is 0.623. The lowest BCUT2D eigenvalue weighted by Crippen LogP contribution is -2.30. The Morgan fingerprint density at radius 2 is 1.76 bits per heavy atom. The average molecular weight is 363 g/mol. The molecule has 0 amide bonds. The van der Waals surface area contributed by atoms with Crippen molar-refractivity contribution in [2.24, 2.45) is 0 Å². The van der Waals surface area contributed by atoms with Crippen LogP contribution in [0.1, 0.15) is 18.1 Å². The summed E-state index contributed by atoms with van der Waals surface area (Å²) in [5.41, 5.74) is 2.09. The number of sulfonamides is 1. The first-order chi connectivity index (χ1) is 12.0. The molecular formula is C19H25NO4S. The summed E-state index contributed by atoms with van der Waals surface area (Å²) in [6, 6.07) is 14.4. The number of rotatable bonds is 9. The van der Waals surface area contributed by atoms with Crippen LogP contribution in [0.2, 0.25) is 0 Å². The summed E-state index contributed by atoms with van der Waals surface area (Å²) in [6.07, 6.45) is 0. The summed E-state index contributed by atoms with van der Waals surface area (Å²) in [5, 5.41) is 0. The van der Waals surface area contributed by atoms with E-state index in [1.54, 1.807) is 31.4 Å². The van der Waals surface area contributed by atoms with Crippen molar-refractivity contribution < 1.29 is 17.9 Å². The van der Waals surface area contributed by atoms with Gasteiger partial charge < -0.3 is 9.47 Å². The molecule has 136 valence electrons. The van der Waals surface area contributed by atoms with Crippen LogP contribution in [0.15, 0.2) is 53.4 Å². The number of hydrogen-bond acceptors (Lipinski definition) is 4. The SMILES string of the molecule is CCN(Cc1cccc(C)c1)S(=O)(=O)c1ccc(OCCOC)cc1. The van der Waals surface area contributed by atoms with Crippen molar-refractivity contribution in [3.63, 3.8) is 0 Å². The predicted octanol–water partition coefficient (Wildman–Crippen LogP) is 3.23. The van der Waals surface area contributed by atoms with E-state index in [0.29, 0.717) is 32.1 Å². The fourth-order valence-corrected chi connectivity index (χ4v) is 3.92. The van der Waals surface area contributed by atoms with Crippen molar-refractivity contribution >= 4 is 10.0 Å². The molecule has 25 heavy (non-hydrogen) atoms. The molecule has 0 aliphatic rings. The first kappa shape index (κ1) is 19.4. The van der Waals surface area contributed by atoms with Gasteiger partial charge in [0.15, 0.2) is 0 Å². The molecule has 0 bridgehead atoms. The van der Waals surface area contributed by atoms with Crippen molar-refractivity contribution in [3.8, 4) is 5.75 Å². The second-order valence-corrected chi connectivity index (χ2v) is 7.67. The number of benzene rings is 2. The van der Waals surface area contributed by atoms with Crippen molar-refractivity contribution in [2.45, 2.75) is 25.3 Å². The van der Waals surface area contributed by atoms with Crippen LogP contribution in [0, 0.1) is 6.92 Å². The highest BCUT2D eigenvalue weighted by Crippen LogP contribution is 2.21. The van der Waals surface area contributed by atoms with Crippen LogP contribution in [-0.2, 0) is 21.3 Å². The van der Waals surface area contributed by atoms with Gasteiger partial charge in [-0.2, -0.15) is 4.31 Å². The topological polar surface area (TPSA) is 55.8 Å². The molecule has 0 unspecified atom stereocenters. The molecule has 0 aliphatic carbocycles. The lowest BCUT2D eigenvalue weighted by Gasteiger charge is -2.21. The zero-order valence-electron chi connectivity index (χ0n) is 14.9. The van der Waals surface area contributed by atoms with Gasteiger partial charge in [-0.05, 0) is 36.8 Å². The standard InChI is InChI=1S/C19H25NO4S/c1-4-20(15-17-7-5-6-16(2)14-17)25(21,22)19-10-8-18(9-11-19)24-13-12-23-3/h5-11,14H,4,12-13,15H2,1-3H3. The number of nitrogens with zero attached hydrogens (tertiary/aromatic N) is 1. The van der Waals surface area contributed by atoms with Gasteiger partial charge in [0.2, 0.25) is 10.0 Å². The number of methoxy groups -OCH3 is 1. The largest absolute Gasteiger partial charge is 0.491 e. The van der Waals surface area contributed by atoms with Crippen LogP contribution < -0.4 is 4.74 Å². The van der Waals surface area contributed by atoms with Crippen molar-refractivity contribution in [1.82, 2.24) is 4.31 Å². The molecule has 2 rings (SSSR count). The molecule has 0 aliphatic heterocycles. The Hall–Kier alpha value is -1.89. The molecule has 2 aromatic carbocycles. The zero-order chi connectivity index (χ0) is 18.3. The highest BCUT2D eigenvalue weighted by atomic mass is 32.2. The lowest BCUT2D eigenvalue weighted by atomic mass is 10.1. The van der Waals surface area contributed by atoms with E-state index in [1.165, 1.54) is 4.31 Å². The normalized spacial score (nSPS) is 11.7. The maximum atomic E-state index is 12.9. The van der Waals surface area contributed by atoms with E-state index in [4.69, 9.17) is 9.47 Å². The fraction of sp³-hybridized carbons (Fsp3) is 0.368. The molecule has 0 radical (unpaired) electrons. The van der Waals surface area contributed by atoms with Crippen LogP contribution in [0.4, 0.5) is 0 Å². The highest BCUT2D eigenvalue weighted by molar-refractivity contribution is 7.89. The molecule has 0 aromatic heterocycles. The maximum absolute atomic E-state index is 12.9. The average Bonchev–Trinajstić information content (AvgIpc) is 2.60. The van der Waals surface area contributed by atoms with Crippen LogP contribution in [0.3, 0.4) is 0 Å². The molecule has 0 spiro atoms. The van der Waals surface area contributed by atoms with Gasteiger partial charge in [-0.15, -0.1) is 0 Å². The first-order valence-corrected chi connectivity index (χ1v) is 9.69. The van der Waals surface area contributed by atoms with Crippen LogP contribution in [0.25, 0.3) is 0 Å². The van der Waals surface area contributed by atoms with Crippen molar-refractivity contribution in [3.05, 3.63) is 59.7 Å². The number of ether oxygens (including phenoxy) is 2. The molecule has 6 heteroatoms. The smallest absolute Gasteiger partial charge is 0.243 e. The molecule has 2 aromatic rings. The minimum Gasteiger partial charge on any atom is -0.491 e. The maximum Gasteiger partial charge on any atom is 0.243 e. The zero-order valence-corrected chi connectivity index (χ0v) is 15.8. The number of hydrogen-bond donors (Lipinski definition) is 0. The summed E-state index contributed by atoms with van der Waals surface area (Å²) in [7, 11) is -1.95. The minimum absolute atomic E-state index is 0.265. The van der Waals surface area contributed by atoms with Gasteiger partial charge in [0, 0.05) is 20.2 Å². The number of aryl methyl sites for hydroxylation is 1.